The van der Waals surface area contributed by atoms with E-state index in [1.165, 1.54) is 12.1 Å². The number of carbonyl (C=O) groups excluding carboxylic acids is 1. The first kappa shape index (κ1) is 18.5. The van der Waals surface area contributed by atoms with Crippen molar-refractivity contribution in [1.29, 1.82) is 0 Å². The molecule has 1 N–H and O–H groups in total. The van der Waals surface area contributed by atoms with Gasteiger partial charge < -0.3 is 19.4 Å². The summed E-state index contributed by atoms with van der Waals surface area (Å²) < 4.78 is 24.2. The van der Waals surface area contributed by atoms with Gasteiger partial charge in [-0.15, -0.1) is 6.58 Å². The number of rotatable bonds is 7. The average molecular weight is 368 g/mol. The van der Waals surface area contributed by atoms with Crippen molar-refractivity contribution in [3.63, 3.8) is 0 Å². The number of para-hydroxylation sites is 1. The normalized spacial score (nSPS) is 10.6. The minimum Gasteiger partial charge on any atom is -0.493 e. The molecule has 27 heavy (non-hydrogen) atoms. The zero-order valence-corrected chi connectivity index (χ0v) is 15.3. The Kier molecular flexibility index (Phi) is 5.45. The van der Waals surface area contributed by atoms with Gasteiger partial charge in [0.25, 0.3) is 5.91 Å². The summed E-state index contributed by atoms with van der Waals surface area (Å²) in [6.45, 7) is 4.40. The van der Waals surface area contributed by atoms with Crippen LogP contribution in [-0.2, 0) is 6.54 Å². The van der Waals surface area contributed by atoms with E-state index in [9.17, 15) is 9.18 Å². The number of carbonyl (C=O) groups is 1. The fraction of sp³-hybridized carbons (Fsp3) is 0.190. The van der Waals surface area contributed by atoms with Crippen LogP contribution in [0, 0.1) is 5.82 Å². The molecule has 0 aliphatic rings. The van der Waals surface area contributed by atoms with Crippen LogP contribution < -0.4 is 9.47 Å². The van der Waals surface area contributed by atoms with Crippen molar-refractivity contribution in [2.24, 2.45) is 0 Å². The maximum atomic E-state index is 13.4. The second-order valence-corrected chi connectivity index (χ2v) is 6.04. The number of ether oxygens (including phenoxy) is 2. The molecule has 0 saturated heterocycles. The summed E-state index contributed by atoms with van der Waals surface area (Å²) in [6, 6.07) is 11.5. The lowest BCUT2D eigenvalue weighted by Gasteiger charge is -2.22. The van der Waals surface area contributed by atoms with E-state index in [-0.39, 0.29) is 11.7 Å². The lowest BCUT2D eigenvalue weighted by molar-refractivity contribution is 0.0756. The Hall–Kier alpha value is -3.28. The van der Waals surface area contributed by atoms with Gasteiger partial charge in [0.15, 0.2) is 11.5 Å². The highest BCUT2D eigenvalue weighted by atomic mass is 19.1. The Bertz CT molecular complexity index is 981. The summed E-state index contributed by atoms with van der Waals surface area (Å²) in [5.74, 6) is 0.628. The number of benzene rings is 2. The van der Waals surface area contributed by atoms with E-state index in [2.05, 4.69) is 11.6 Å². The van der Waals surface area contributed by atoms with Crippen LogP contribution in [0.15, 0.2) is 55.1 Å². The quantitative estimate of drug-likeness (QED) is 0.638. The zero-order valence-electron chi connectivity index (χ0n) is 15.3. The Labute approximate surface area is 157 Å². The number of nitrogens with zero attached hydrogens (tertiary/aromatic N) is 1. The van der Waals surface area contributed by atoms with E-state index in [1.807, 2.05) is 12.1 Å². The molecule has 3 aromatic rings. The molecule has 0 radical (unpaired) electrons. The summed E-state index contributed by atoms with van der Waals surface area (Å²) >= 11 is 0. The second kappa shape index (κ2) is 7.95. The van der Waals surface area contributed by atoms with Gasteiger partial charge in [0, 0.05) is 23.0 Å². The molecule has 0 spiro atoms. The number of methoxy groups -OCH3 is 2. The summed E-state index contributed by atoms with van der Waals surface area (Å²) in [7, 11) is 3.13. The van der Waals surface area contributed by atoms with Crippen LogP contribution in [-0.4, -0.2) is 36.6 Å². The van der Waals surface area contributed by atoms with Crippen molar-refractivity contribution in [3.8, 4) is 11.5 Å². The highest BCUT2D eigenvalue weighted by Crippen LogP contribution is 2.31. The zero-order chi connectivity index (χ0) is 19.4. The average Bonchev–Trinajstić information content (AvgIpc) is 3.09. The van der Waals surface area contributed by atoms with Crippen LogP contribution in [0.3, 0.4) is 0 Å². The highest BCUT2D eigenvalue weighted by molar-refractivity contribution is 5.98. The topological polar surface area (TPSA) is 54.6 Å². The first-order chi connectivity index (χ1) is 13.1. The lowest BCUT2D eigenvalue weighted by Crippen LogP contribution is -2.31. The standard InChI is InChI=1S/C21H21FN2O3/c1-4-10-24(13-14-6-5-7-19(26-2)20(14)27-3)21(25)18-12-15-11-16(22)8-9-17(15)23-18/h4-9,11-12,23H,1,10,13H2,2-3H3. The summed E-state index contributed by atoms with van der Waals surface area (Å²) in [5.41, 5.74) is 1.91. The van der Waals surface area contributed by atoms with Gasteiger partial charge in [0.05, 0.1) is 20.8 Å². The molecule has 0 aliphatic carbocycles. The minimum atomic E-state index is -0.343. The SMILES string of the molecule is C=CCN(Cc1cccc(OC)c1OC)C(=O)c1cc2cc(F)ccc2[nH]1. The van der Waals surface area contributed by atoms with Crippen LogP contribution in [0.25, 0.3) is 10.9 Å². The fourth-order valence-corrected chi connectivity index (χ4v) is 3.05. The number of hydrogen-bond acceptors (Lipinski definition) is 3. The molecule has 140 valence electrons. The number of fused-ring (bicyclic) bond motifs is 1. The molecular weight excluding hydrogens is 347 g/mol. The van der Waals surface area contributed by atoms with Gasteiger partial charge >= 0.3 is 0 Å². The summed E-state index contributed by atoms with van der Waals surface area (Å²) in [5, 5.41) is 0.649. The van der Waals surface area contributed by atoms with Crippen molar-refractivity contribution >= 4 is 16.8 Å². The smallest absolute Gasteiger partial charge is 0.270 e. The van der Waals surface area contributed by atoms with Crippen molar-refractivity contribution < 1.29 is 18.7 Å². The molecule has 1 aromatic heterocycles. The molecule has 0 unspecified atom stereocenters. The van der Waals surface area contributed by atoms with Gasteiger partial charge in [-0.1, -0.05) is 18.2 Å². The number of nitrogens with one attached hydrogen (secondary N) is 1. The number of amides is 1. The van der Waals surface area contributed by atoms with E-state index in [0.29, 0.717) is 41.2 Å². The number of hydrogen-bond donors (Lipinski definition) is 1. The number of halogens is 1. The van der Waals surface area contributed by atoms with E-state index >= 15 is 0 Å². The van der Waals surface area contributed by atoms with Crippen LogP contribution in [0.2, 0.25) is 0 Å². The Morgan fingerprint density at radius 1 is 1.22 bits per heavy atom. The third-order valence-corrected chi connectivity index (χ3v) is 4.30. The maximum Gasteiger partial charge on any atom is 0.270 e. The fourth-order valence-electron chi connectivity index (χ4n) is 3.05. The van der Waals surface area contributed by atoms with Crippen LogP contribution in [0.1, 0.15) is 16.1 Å². The Morgan fingerprint density at radius 2 is 2.04 bits per heavy atom. The van der Waals surface area contributed by atoms with E-state index in [4.69, 9.17) is 9.47 Å². The van der Waals surface area contributed by atoms with Gasteiger partial charge in [-0.2, -0.15) is 0 Å². The predicted octanol–water partition coefficient (Wildman–Crippen LogP) is 4.15. The van der Waals surface area contributed by atoms with Gasteiger partial charge in [0.1, 0.15) is 11.5 Å². The molecule has 1 heterocycles. The Morgan fingerprint density at radius 3 is 2.74 bits per heavy atom. The second-order valence-electron chi connectivity index (χ2n) is 6.04. The van der Waals surface area contributed by atoms with E-state index in [0.717, 1.165) is 5.56 Å². The maximum absolute atomic E-state index is 13.4. The molecule has 0 aliphatic heterocycles. The van der Waals surface area contributed by atoms with Gasteiger partial charge in [-0.05, 0) is 30.3 Å². The van der Waals surface area contributed by atoms with Crippen molar-refractivity contribution in [1.82, 2.24) is 9.88 Å². The van der Waals surface area contributed by atoms with Crippen LogP contribution in [0.5, 0.6) is 11.5 Å². The summed E-state index contributed by atoms with van der Waals surface area (Å²) in [4.78, 5) is 17.7. The van der Waals surface area contributed by atoms with Gasteiger partial charge in [-0.25, -0.2) is 4.39 Å². The third-order valence-electron chi connectivity index (χ3n) is 4.30. The molecule has 0 atom stereocenters. The summed E-state index contributed by atoms with van der Waals surface area (Å²) in [6.07, 6.45) is 1.66. The molecular formula is C21H21FN2O3. The molecule has 3 rings (SSSR count). The van der Waals surface area contributed by atoms with Crippen molar-refractivity contribution in [2.75, 3.05) is 20.8 Å². The molecule has 1 amide bonds. The lowest BCUT2D eigenvalue weighted by atomic mass is 10.1. The van der Waals surface area contributed by atoms with Crippen molar-refractivity contribution in [3.05, 3.63) is 72.2 Å². The number of H-pyrrole nitrogens is 1. The number of aromatic nitrogens is 1. The minimum absolute atomic E-state index is 0.212. The monoisotopic (exact) mass is 368 g/mol. The van der Waals surface area contributed by atoms with Crippen LogP contribution in [0.4, 0.5) is 4.39 Å². The van der Waals surface area contributed by atoms with E-state index in [1.54, 1.807) is 43.4 Å². The van der Waals surface area contributed by atoms with Crippen LogP contribution >= 0.6 is 0 Å². The van der Waals surface area contributed by atoms with E-state index < -0.39 is 0 Å². The van der Waals surface area contributed by atoms with Gasteiger partial charge in [0.2, 0.25) is 0 Å². The third kappa shape index (κ3) is 3.79. The predicted molar refractivity (Wildman–Crippen MR) is 103 cm³/mol. The number of aromatic amines is 1. The molecule has 0 bridgehead atoms. The first-order valence-electron chi connectivity index (χ1n) is 8.45. The molecule has 0 saturated carbocycles. The Balaban J connectivity index is 1.92. The highest BCUT2D eigenvalue weighted by Gasteiger charge is 2.20. The molecule has 2 aromatic carbocycles. The first-order valence-corrected chi connectivity index (χ1v) is 8.45. The molecule has 5 nitrogen and oxygen atoms in total. The molecule has 6 heteroatoms. The molecule has 0 fully saturated rings. The van der Waals surface area contributed by atoms with Crippen molar-refractivity contribution in [2.45, 2.75) is 6.54 Å². The van der Waals surface area contributed by atoms with Gasteiger partial charge in [-0.3, -0.25) is 4.79 Å². The largest absolute Gasteiger partial charge is 0.493 e.